The molecular formula is C35H33N2O14S4-3. The average molecular weight is 834 g/mol. The third kappa shape index (κ3) is 8.24. The number of rotatable bonds is 13. The van der Waals surface area contributed by atoms with Crippen molar-refractivity contribution in [3.05, 3.63) is 119 Å². The van der Waals surface area contributed by atoms with E-state index in [0.29, 0.717) is 53.2 Å². The minimum Gasteiger partial charge on any atom is -0.874 e. The summed E-state index contributed by atoms with van der Waals surface area (Å²) in [6, 6.07) is 8.92. The van der Waals surface area contributed by atoms with Crippen LogP contribution in [0.4, 0.5) is 11.4 Å². The lowest BCUT2D eigenvalue weighted by Crippen LogP contribution is -2.26. The molecule has 6 rings (SSSR count). The predicted octanol–water partition coefficient (Wildman–Crippen LogP) is 3.73. The number of aliphatic hydroxyl groups is 1. The van der Waals surface area contributed by atoms with Gasteiger partial charge in [0.25, 0.3) is 0 Å². The van der Waals surface area contributed by atoms with Crippen molar-refractivity contribution in [1.82, 2.24) is 0 Å². The molecule has 294 valence electrons. The van der Waals surface area contributed by atoms with Gasteiger partial charge in [0.15, 0.2) is 5.76 Å². The fourth-order valence-corrected chi connectivity index (χ4v) is 9.63. The van der Waals surface area contributed by atoms with E-state index in [4.69, 9.17) is 5.26 Å². The van der Waals surface area contributed by atoms with Crippen LogP contribution in [0.3, 0.4) is 0 Å². The molecular weight excluding hydrogens is 801 g/mol. The van der Waals surface area contributed by atoms with Crippen molar-refractivity contribution in [2.45, 2.75) is 60.2 Å². The van der Waals surface area contributed by atoms with Gasteiger partial charge < -0.3 is 28.8 Å². The van der Waals surface area contributed by atoms with E-state index in [0.717, 1.165) is 46.7 Å². The van der Waals surface area contributed by atoms with Gasteiger partial charge in [0.2, 0.25) is 17.6 Å². The van der Waals surface area contributed by atoms with Gasteiger partial charge >= 0.3 is 0 Å². The maximum atomic E-state index is 12.7. The summed E-state index contributed by atoms with van der Waals surface area (Å²) in [5, 5.41) is 35.5. The number of aliphatic hydroxyl groups excluding tert-OH is 1. The summed E-state index contributed by atoms with van der Waals surface area (Å²) in [7, 11) is -14.5. The Morgan fingerprint density at radius 1 is 0.927 bits per heavy atom. The van der Waals surface area contributed by atoms with Crippen LogP contribution in [0.1, 0.15) is 50.7 Å². The molecule has 4 aliphatic rings. The molecule has 2 aromatic rings. The number of fused-ring (bicyclic) bond motifs is 6. The number of hydrogen-bond donors (Lipinski definition) is 2. The summed E-state index contributed by atoms with van der Waals surface area (Å²) in [5.74, 6) is -4.02. The molecule has 0 radical (unpaired) electrons. The van der Waals surface area contributed by atoms with Crippen molar-refractivity contribution in [2.75, 3.05) is 16.4 Å². The SMILES string of the molecule is CC12CCC(/C=C/C=C/C=C3\CCC4(C)C3=[N+](/C=C(/O)CS(=O)(=O)[O-])c3ccc(SOOO)cc34)=C1N(/C=C(/[O-])CS(=O)(=O)[O-])c1ccc(S(=O)(=O)[O-])cc12. The number of nitrogens with zero attached hydrogens (tertiary/aromatic N) is 2. The Kier molecular flexibility index (Phi) is 10.9. The monoisotopic (exact) mass is 833 g/mol. The molecule has 2 unspecified atom stereocenters. The van der Waals surface area contributed by atoms with Crippen LogP contribution in [0.15, 0.2) is 117 Å². The Morgan fingerprint density at radius 3 is 2.31 bits per heavy atom. The van der Waals surface area contributed by atoms with Crippen molar-refractivity contribution in [3.63, 3.8) is 0 Å². The van der Waals surface area contributed by atoms with Crippen LogP contribution in [-0.4, -0.2) is 71.1 Å². The molecule has 55 heavy (non-hydrogen) atoms. The maximum Gasteiger partial charge on any atom is 0.215 e. The van der Waals surface area contributed by atoms with E-state index in [9.17, 15) is 49.1 Å². The van der Waals surface area contributed by atoms with E-state index in [1.165, 1.54) is 23.2 Å². The molecule has 0 aromatic heterocycles. The highest BCUT2D eigenvalue weighted by molar-refractivity contribution is 7.94. The van der Waals surface area contributed by atoms with Crippen molar-refractivity contribution < 1.29 is 68.3 Å². The van der Waals surface area contributed by atoms with Crippen LogP contribution in [0.2, 0.25) is 0 Å². The Hall–Kier alpha value is -4.09. The van der Waals surface area contributed by atoms with E-state index >= 15 is 0 Å². The summed E-state index contributed by atoms with van der Waals surface area (Å²) < 4.78 is 110. The normalized spacial score (nSPS) is 23.8. The average Bonchev–Trinajstić information content (AvgIpc) is 3.73. The summed E-state index contributed by atoms with van der Waals surface area (Å²) in [4.78, 5) is 1.57. The van der Waals surface area contributed by atoms with Crippen LogP contribution in [-0.2, 0) is 50.6 Å². The summed E-state index contributed by atoms with van der Waals surface area (Å²) >= 11 is 0.764. The molecule has 2 aliphatic heterocycles. The smallest absolute Gasteiger partial charge is 0.215 e. The Balaban J connectivity index is 1.36. The molecule has 1 fully saturated rings. The molecule has 0 saturated heterocycles. The third-order valence-electron chi connectivity index (χ3n) is 10.0. The Bertz CT molecular complexity index is 2520. The van der Waals surface area contributed by atoms with E-state index < -0.39 is 69.1 Å². The van der Waals surface area contributed by atoms with Gasteiger partial charge in [0.1, 0.15) is 26.0 Å². The summed E-state index contributed by atoms with van der Waals surface area (Å²) in [6.07, 6.45) is 13.2. The first-order chi connectivity index (χ1) is 25.6. The van der Waals surface area contributed by atoms with Gasteiger partial charge in [-0.1, -0.05) is 35.4 Å². The van der Waals surface area contributed by atoms with Crippen molar-refractivity contribution in [1.29, 1.82) is 0 Å². The molecule has 0 bridgehead atoms. The molecule has 1 saturated carbocycles. The van der Waals surface area contributed by atoms with E-state index in [1.54, 1.807) is 41.0 Å². The van der Waals surface area contributed by atoms with Crippen LogP contribution in [0.5, 0.6) is 0 Å². The Labute approximate surface area is 321 Å². The van der Waals surface area contributed by atoms with Gasteiger partial charge in [-0.3, -0.25) is 0 Å². The fraction of sp³-hybridized carbons (Fsp3) is 0.286. The van der Waals surface area contributed by atoms with Gasteiger partial charge in [-0.05, 0) is 87.2 Å². The largest absolute Gasteiger partial charge is 0.874 e. The molecule has 2 atom stereocenters. The fourth-order valence-electron chi connectivity index (χ4n) is 7.88. The van der Waals surface area contributed by atoms with Gasteiger partial charge in [-0.15, -0.1) is 10.1 Å². The number of benzene rings is 2. The van der Waals surface area contributed by atoms with Gasteiger partial charge in [-0.2, -0.15) is 4.58 Å². The zero-order chi connectivity index (χ0) is 40.1. The van der Waals surface area contributed by atoms with Crippen LogP contribution < -0.4 is 10.0 Å². The van der Waals surface area contributed by atoms with Gasteiger partial charge in [-0.25, -0.2) is 30.5 Å². The first-order valence-corrected chi connectivity index (χ1v) is 21.7. The molecule has 0 amide bonds. The topological polar surface area (TPSA) is 260 Å². The van der Waals surface area contributed by atoms with Crippen molar-refractivity contribution in [2.24, 2.45) is 0 Å². The number of hydrogen-bond acceptors (Lipinski definition) is 16. The van der Waals surface area contributed by atoms with E-state index in [-0.39, 0.29) is 0 Å². The minimum absolute atomic E-state index is 0.365. The highest BCUT2D eigenvalue weighted by Crippen LogP contribution is 2.57. The second-order valence-corrected chi connectivity index (χ2v) is 18.7. The molecule has 2 N–H and O–H groups in total. The zero-order valence-electron chi connectivity index (χ0n) is 29.1. The first kappa shape index (κ1) is 40.6. The highest BCUT2D eigenvalue weighted by Gasteiger charge is 2.54. The van der Waals surface area contributed by atoms with Gasteiger partial charge in [0, 0.05) is 38.9 Å². The molecule has 16 nitrogen and oxygen atoms in total. The third-order valence-corrected chi connectivity index (χ3v) is 12.7. The van der Waals surface area contributed by atoms with Crippen LogP contribution in [0.25, 0.3) is 0 Å². The molecule has 2 aromatic carbocycles. The number of allylic oxidation sites excluding steroid dienone is 8. The highest BCUT2D eigenvalue weighted by atomic mass is 32.2. The second kappa shape index (κ2) is 14.8. The molecule has 2 heterocycles. The van der Waals surface area contributed by atoms with Gasteiger partial charge in [0.05, 0.1) is 38.2 Å². The first-order valence-electron chi connectivity index (χ1n) is 16.4. The van der Waals surface area contributed by atoms with Crippen molar-refractivity contribution in [3.8, 4) is 0 Å². The minimum atomic E-state index is -4.89. The zero-order valence-corrected chi connectivity index (χ0v) is 32.3. The summed E-state index contributed by atoms with van der Waals surface area (Å²) in [6.45, 7) is 3.80. The number of anilines is 1. The summed E-state index contributed by atoms with van der Waals surface area (Å²) in [5.41, 5.74) is 3.67. The van der Waals surface area contributed by atoms with Crippen molar-refractivity contribution >= 4 is 59.5 Å². The lowest BCUT2D eigenvalue weighted by atomic mass is 9.81. The second-order valence-electron chi connectivity index (χ2n) is 13.7. The Morgan fingerprint density at radius 2 is 1.64 bits per heavy atom. The quantitative estimate of drug-likeness (QED) is 0.0554. The lowest BCUT2D eigenvalue weighted by molar-refractivity contribution is -0.432. The van der Waals surface area contributed by atoms with E-state index in [2.05, 4.69) is 9.37 Å². The van der Waals surface area contributed by atoms with E-state index in [1.807, 2.05) is 26.0 Å². The lowest BCUT2D eigenvalue weighted by Gasteiger charge is -2.26. The molecule has 0 spiro atoms. The predicted molar refractivity (Wildman–Crippen MR) is 193 cm³/mol. The maximum absolute atomic E-state index is 12.7. The molecule has 2 aliphatic carbocycles. The standard InChI is InChI=1S/C35H36N2O14S4/c1-34-14-12-22(32(34)36(18-24(38)20-53(41,42)43)30-10-8-26(16-28(30)34)52-51-50-40)6-4-3-5-7-23-13-15-35(2)29-17-27(55(47,48)49)9-11-31(29)37(33(23)35)19-25(39)21-54(44,45)46/h3-11,16-19H,12-15,20-21H2,1-2H3,(H5-,38,39,40,41,42,43,44,45,46,47,48,49)/p-3/b24-18+,25-19+. The van der Waals surface area contributed by atoms with Crippen LogP contribution >= 0.6 is 12.0 Å². The molecule has 20 heteroatoms. The van der Waals surface area contributed by atoms with Crippen LogP contribution in [0, 0.1) is 0 Å².